The Morgan fingerprint density at radius 2 is 1.88 bits per heavy atom. The summed E-state index contributed by atoms with van der Waals surface area (Å²) in [4.78, 5) is 17.3. The number of carbonyl (C=O) groups excluding carboxylic acids is 1. The maximum atomic E-state index is 12.6. The summed E-state index contributed by atoms with van der Waals surface area (Å²) in [5, 5.41) is 2.60. The SMILES string of the molecule is CC(=O)Nc1ccc(S(=O)(=O)Nc2ncc(C)n2CCN(C)C)cc1. The van der Waals surface area contributed by atoms with Crippen molar-refractivity contribution < 1.29 is 13.2 Å². The molecule has 25 heavy (non-hydrogen) atoms. The van der Waals surface area contributed by atoms with E-state index in [2.05, 4.69) is 15.0 Å². The zero-order valence-electron chi connectivity index (χ0n) is 14.8. The van der Waals surface area contributed by atoms with Gasteiger partial charge in [-0.1, -0.05) is 0 Å². The lowest BCUT2D eigenvalue weighted by Gasteiger charge is -2.15. The number of likely N-dealkylation sites (N-methyl/N-ethyl adjacent to an activating group) is 1. The quantitative estimate of drug-likeness (QED) is 0.775. The summed E-state index contributed by atoms with van der Waals surface area (Å²) in [5.74, 6) is 0.0671. The van der Waals surface area contributed by atoms with Crippen LogP contribution < -0.4 is 10.0 Å². The second-order valence-corrected chi connectivity index (χ2v) is 7.67. The van der Waals surface area contributed by atoms with E-state index in [9.17, 15) is 13.2 Å². The number of hydrogen-bond donors (Lipinski definition) is 2. The second-order valence-electron chi connectivity index (χ2n) is 5.99. The molecule has 0 aliphatic carbocycles. The van der Waals surface area contributed by atoms with Crippen LogP contribution in [0.4, 0.5) is 11.6 Å². The molecule has 1 amide bonds. The van der Waals surface area contributed by atoms with E-state index in [4.69, 9.17) is 0 Å². The molecule has 2 aromatic rings. The first-order valence-corrected chi connectivity index (χ1v) is 9.24. The molecule has 0 fully saturated rings. The summed E-state index contributed by atoms with van der Waals surface area (Å²) in [6.07, 6.45) is 1.63. The van der Waals surface area contributed by atoms with Crippen LogP contribution >= 0.6 is 0 Å². The highest BCUT2D eigenvalue weighted by molar-refractivity contribution is 7.92. The molecule has 0 aliphatic rings. The monoisotopic (exact) mass is 365 g/mol. The molecule has 0 radical (unpaired) electrons. The van der Waals surface area contributed by atoms with E-state index in [1.54, 1.807) is 18.3 Å². The molecule has 0 aliphatic heterocycles. The molecule has 1 aromatic carbocycles. The third kappa shape index (κ3) is 5.04. The number of hydrogen-bond acceptors (Lipinski definition) is 5. The van der Waals surface area contributed by atoms with Crippen LogP contribution in [0.3, 0.4) is 0 Å². The van der Waals surface area contributed by atoms with Gasteiger partial charge in [0.05, 0.1) is 11.1 Å². The summed E-state index contributed by atoms with van der Waals surface area (Å²) >= 11 is 0. The fourth-order valence-corrected chi connectivity index (χ4v) is 3.24. The number of nitrogens with zero attached hydrogens (tertiary/aromatic N) is 3. The fraction of sp³-hybridized carbons (Fsp3) is 0.375. The Balaban J connectivity index is 2.20. The van der Waals surface area contributed by atoms with Crippen molar-refractivity contribution in [2.45, 2.75) is 25.3 Å². The molecular weight excluding hydrogens is 342 g/mol. The van der Waals surface area contributed by atoms with Gasteiger partial charge >= 0.3 is 0 Å². The minimum atomic E-state index is -3.77. The van der Waals surface area contributed by atoms with Gasteiger partial charge in [-0.25, -0.2) is 18.1 Å². The maximum absolute atomic E-state index is 12.6. The van der Waals surface area contributed by atoms with E-state index in [1.165, 1.54) is 19.1 Å². The van der Waals surface area contributed by atoms with Crippen molar-refractivity contribution in [1.82, 2.24) is 14.5 Å². The lowest BCUT2D eigenvalue weighted by molar-refractivity contribution is -0.114. The summed E-state index contributed by atoms with van der Waals surface area (Å²) in [5.41, 5.74) is 1.41. The van der Waals surface area contributed by atoms with E-state index in [-0.39, 0.29) is 16.8 Å². The van der Waals surface area contributed by atoms with Gasteiger partial charge in [-0.2, -0.15) is 0 Å². The molecule has 0 saturated heterocycles. The number of rotatable bonds is 7. The number of amides is 1. The maximum Gasteiger partial charge on any atom is 0.264 e. The number of carbonyl (C=O) groups is 1. The molecule has 9 heteroatoms. The van der Waals surface area contributed by atoms with Gasteiger partial charge in [-0.15, -0.1) is 0 Å². The Morgan fingerprint density at radius 1 is 1.24 bits per heavy atom. The van der Waals surface area contributed by atoms with Crippen LogP contribution in [-0.4, -0.2) is 49.4 Å². The highest BCUT2D eigenvalue weighted by atomic mass is 32.2. The van der Waals surface area contributed by atoms with Crippen molar-refractivity contribution in [3.8, 4) is 0 Å². The average Bonchev–Trinajstić information content (AvgIpc) is 2.84. The number of aryl methyl sites for hydroxylation is 1. The highest BCUT2D eigenvalue weighted by Gasteiger charge is 2.18. The minimum absolute atomic E-state index is 0.0985. The molecule has 0 spiro atoms. The van der Waals surface area contributed by atoms with Crippen LogP contribution in [0.15, 0.2) is 35.4 Å². The van der Waals surface area contributed by atoms with Crippen LogP contribution in [0, 0.1) is 6.92 Å². The molecule has 0 bridgehead atoms. The molecule has 2 rings (SSSR count). The van der Waals surface area contributed by atoms with Crippen LogP contribution in [0.25, 0.3) is 0 Å². The van der Waals surface area contributed by atoms with Gasteiger partial charge in [-0.05, 0) is 45.3 Å². The number of anilines is 2. The predicted octanol–water partition coefficient (Wildman–Crippen LogP) is 1.51. The molecule has 0 atom stereocenters. The molecule has 136 valence electrons. The molecule has 0 saturated carbocycles. The standard InChI is InChI=1S/C16H23N5O3S/c1-12-11-17-16(21(12)10-9-20(3)4)19-25(23,24)15-7-5-14(6-8-15)18-13(2)22/h5-8,11H,9-10H2,1-4H3,(H,17,19)(H,18,22). The van der Waals surface area contributed by atoms with Gasteiger partial charge in [-0.3, -0.25) is 4.79 Å². The van der Waals surface area contributed by atoms with Gasteiger partial charge in [0.2, 0.25) is 11.9 Å². The number of sulfonamides is 1. The fourth-order valence-electron chi connectivity index (χ4n) is 2.22. The van der Waals surface area contributed by atoms with Crippen LogP contribution in [0.2, 0.25) is 0 Å². The minimum Gasteiger partial charge on any atom is -0.326 e. The highest BCUT2D eigenvalue weighted by Crippen LogP contribution is 2.18. The Labute approximate surface area is 147 Å². The topological polar surface area (TPSA) is 96.3 Å². The van der Waals surface area contributed by atoms with Gasteiger partial charge < -0.3 is 14.8 Å². The van der Waals surface area contributed by atoms with E-state index >= 15 is 0 Å². The second kappa shape index (κ2) is 7.66. The van der Waals surface area contributed by atoms with Crippen LogP contribution in [-0.2, 0) is 21.4 Å². The zero-order valence-corrected chi connectivity index (χ0v) is 15.6. The summed E-state index contributed by atoms with van der Waals surface area (Å²) in [7, 11) is 0.136. The van der Waals surface area contributed by atoms with Crippen molar-refractivity contribution in [3.63, 3.8) is 0 Å². The van der Waals surface area contributed by atoms with Gasteiger partial charge in [0, 0.05) is 31.4 Å². The Kier molecular flexibility index (Phi) is 5.81. The van der Waals surface area contributed by atoms with Crippen molar-refractivity contribution in [2.75, 3.05) is 30.7 Å². The van der Waals surface area contributed by atoms with Crippen molar-refractivity contribution in [2.24, 2.45) is 0 Å². The van der Waals surface area contributed by atoms with E-state index in [1.807, 2.05) is 30.5 Å². The zero-order chi connectivity index (χ0) is 18.6. The number of imidazole rings is 1. The van der Waals surface area contributed by atoms with Gasteiger partial charge in [0.1, 0.15) is 0 Å². The Bertz CT molecular complexity index is 841. The Morgan fingerprint density at radius 3 is 2.44 bits per heavy atom. The first-order valence-electron chi connectivity index (χ1n) is 7.76. The smallest absolute Gasteiger partial charge is 0.264 e. The summed E-state index contributed by atoms with van der Waals surface area (Å²) in [6.45, 7) is 4.65. The number of aromatic nitrogens is 2. The van der Waals surface area contributed by atoms with E-state index in [0.717, 1.165) is 12.2 Å². The van der Waals surface area contributed by atoms with Crippen LogP contribution in [0.5, 0.6) is 0 Å². The first kappa shape index (κ1) is 18.9. The average molecular weight is 365 g/mol. The summed E-state index contributed by atoms with van der Waals surface area (Å²) < 4.78 is 29.5. The lowest BCUT2D eigenvalue weighted by Crippen LogP contribution is -2.22. The predicted molar refractivity (Wildman–Crippen MR) is 97.1 cm³/mol. The number of nitrogens with one attached hydrogen (secondary N) is 2. The van der Waals surface area contributed by atoms with Gasteiger partial charge in [0.25, 0.3) is 10.0 Å². The molecule has 1 heterocycles. The molecule has 8 nitrogen and oxygen atoms in total. The normalized spacial score (nSPS) is 11.6. The third-order valence-corrected chi connectivity index (χ3v) is 4.88. The van der Waals surface area contributed by atoms with Gasteiger partial charge in [0.15, 0.2) is 0 Å². The van der Waals surface area contributed by atoms with E-state index in [0.29, 0.717) is 12.2 Å². The summed E-state index contributed by atoms with van der Waals surface area (Å²) in [6, 6.07) is 5.96. The third-order valence-electron chi connectivity index (χ3n) is 3.54. The lowest BCUT2D eigenvalue weighted by atomic mass is 10.3. The van der Waals surface area contributed by atoms with Crippen molar-refractivity contribution >= 4 is 27.6 Å². The molecule has 2 N–H and O–H groups in total. The molecule has 1 aromatic heterocycles. The van der Waals surface area contributed by atoms with Crippen LogP contribution in [0.1, 0.15) is 12.6 Å². The van der Waals surface area contributed by atoms with E-state index < -0.39 is 10.0 Å². The van der Waals surface area contributed by atoms with Crippen molar-refractivity contribution in [1.29, 1.82) is 0 Å². The largest absolute Gasteiger partial charge is 0.326 e. The molecular formula is C16H23N5O3S. The Hall–Kier alpha value is -2.39. The van der Waals surface area contributed by atoms with Crippen molar-refractivity contribution in [3.05, 3.63) is 36.2 Å². The first-order chi connectivity index (χ1) is 11.7. The molecule has 0 unspecified atom stereocenters. The number of benzene rings is 1.